The second kappa shape index (κ2) is 5.44. The standard InChI is InChI=1S/C11H15N3O4/c1-11(2,3)18-10(17)14-7(9(15)16)8-12-5-4-6-13-8/h4-7H,1-3H3,(H,14,17)(H,15,16). The van der Waals surface area contributed by atoms with Crippen LogP contribution in [0.25, 0.3) is 0 Å². The van der Waals surface area contributed by atoms with Gasteiger partial charge in [0.05, 0.1) is 0 Å². The molecule has 1 aromatic heterocycles. The molecule has 18 heavy (non-hydrogen) atoms. The van der Waals surface area contributed by atoms with Crippen molar-refractivity contribution in [2.75, 3.05) is 0 Å². The summed E-state index contributed by atoms with van der Waals surface area (Å²) in [6.07, 6.45) is 1.96. The fraction of sp³-hybridized carbons (Fsp3) is 0.455. The van der Waals surface area contributed by atoms with Crippen LogP contribution in [-0.4, -0.2) is 32.7 Å². The molecule has 7 nitrogen and oxygen atoms in total. The van der Waals surface area contributed by atoms with Crippen molar-refractivity contribution in [3.05, 3.63) is 24.3 Å². The molecular formula is C11H15N3O4. The number of hydrogen-bond acceptors (Lipinski definition) is 5. The van der Waals surface area contributed by atoms with E-state index >= 15 is 0 Å². The fourth-order valence-electron chi connectivity index (χ4n) is 1.12. The second-order valence-corrected chi connectivity index (χ2v) is 4.52. The molecule has 1 heterocycles. The second-order valence-electron chi connectivity index (χ2n) is 4.52. The average Bonchev–Trinajstić information content (AvgIpc) is 2.24. The molecular weight excluding hydrogens is 238 g/mol. The number of aromatic nitrogens is 2. The van der Waals surface area contributed by atoms with Crippen LogP contribution in [0.4, 0.5) is 4.79 Å². The van der Waals surface area contributed by atoms with Gasteiger partial charge in [0.2, 0.25) is 0 Å². The highest BCUT2D eigenvalue weighted by Crippen LogP contribution is 2.11. The van der Waals surface area contributed by atoms with Crippen LogP contribution < -0.4 is 5.32 Å². The van der Waals surface area contributed by atoms with Gasteiger partial charge in [0, 0.05) is 12.4 Å². The molecule has 1 unspecified atom stereocenters. The Morgan fingerprint density at radius 3 is 2.33 bits per heavy atom. The fourth-order valence-corrected chi connectivity index (χ4v) is 1.12. The van der Waals surface area contributed by atoms with Crippen molar-refractivity contribution >= 4 is 12.1 Å². The lowest BCUT2D eigenvalue weighted by Crippen LogP contribution is -2.38. The van der Waals surface area contributed by atoms with Gasteiger partial charge in [-0.15, -0.1) is 0 Å². The smallest absolute Gasteiger partial charge is 0.408 e. The molecule has 0 saturated heterocycles. The van der Waals surface area contributed by atoms with E-state index in [2.05, 4.69) is 15.3 Å². The van der Waals surface area contributed by atoms with Crippen molar-refractivity contribution in [3.63, 3.8) is 0 Å². The topological polar surface area (TPSA) is 101 Å². The van der Waals surface area contributed by atoms with Gasteiger partial charge < -0.3 is 15.2 Å². The highest BCUT2D eigenvalue weighted by atomic mass is 16.6. The summed E-state index contributed by atoms with van der Waals surface area (Å²) in [5.41, 5.74) is -0.704. The molecule has 1 aromatic rings. The van der Waals surface area contributed by atoms with Gasteiger partial charge in [-0.3, -0.25) is 0 Å². The van der Waals surface area contributed by atoms with Gasteiger partial charge in [-0.1, -0.05) is 0 Å². The van der Waals surface area contributed by atoms with Crippen LogP contribution in [0.1, 0.15) is 32.6 Å². The molecule has 2 N–H and O–H groups in total. The molecule has 1 amide bonds. The van der Waals surface area contributed by atoms with Crippen LogP contribution in [0.15, 0.2) is 18.5 Å². The van der Waals surface area contributed by atoms with Crippen LogP contribution in [0.3, 0.4) is 0 Å². The zero-order chi connectivity index (χ0) is 13.8. The van der Waals surface area contributed by atoms with Crippen molar-refractivity contribution in [1.82, 2.24) is 15.3 Å². The predicted octanol–water partition coefficient (Wildman–Crippen LogP) is 1.13. The zero-order valence-corrected chi connectivity index (χ0v) is 10.4. The Morgan fingerprint density at radius 1 is 1.33 bits per heavy atom. The molecule has 98 valence electrons. The maximum absolute atomic E-state index is 11.5. The number of alkyl carbamates (subject to hydrolysis) is 1. The van der Waals surface area contributed by atoms with Crippen LogP contribution in [0.5, 0.6) is 0 Å². The first-order valence-corrected chi connectivity index (χ1v) is 5.29. The van der Waals surface area contributed by atoms with Gasteiger partial charge in [-0.25, -0.2) is 19.6 Å². The zero-order valence-electron chi connectivity index (χ0n) is 10.4. The number of carbonyl (C=O) groups excluding carboxylic acids is 1. The monoisotopic (exact) mass is 253 g/mol. The quantitative estimate of drug-likeness (QED) is 0.837. The van der Waals surface area contributed by atoms with Crippen molar-refractivity contribution in [2.24, 2.45) is 0 Å². The van der Waals surface area contributed by atoms with E-state index in [0.29, 0.717) is 0 Å². The Balaban J connectivity index is 2.77. The molecule has 1 atom stereocenters. The van der Waals surface area contributed by atoms with Crippen molar-refractivity contribution in [3.8, 4) is 0 Å². The predicted molar refractivity (Wildman–Crippen MR) is 61.8 cm³/mol. The molecule has 0 spiro atoms. The Kier molecular flexibility index (Phi) is 4.19. The molecule has 0 aromatic carbocycles. The van der Waals surface area contributed by atoms with E-state index < -0.39 is 23.7 Å². The largest absolute Gasteiger partial charge is 0.479 e. The van der Waals surface area contributed by atoms with E-state index in [9.17, 15) is 9.59 Å². The maximum atomic E-state index is 11.5. The number of carbonyl (C=O) groups is 2. The number of ether oxygens (including phenoxy) is 1. The first kappa shape index (κ1) is 13.9. The van der Waals surface area contributed by atoms with Crippen molar-refractivity contribution in [2.45, 2.75) is 32.4 Å². The molecule has 0 saturated carbocycles. The summed E-state index contributed by atoms with van der Waals surface area (Å²) in [7, 11) is 0. The average molecular weight is 253 g/mol. The highest BCUT2D eigenvalue weighted by molar-refractivity contribution is 5.80. The molecule has 0 aliphatic carbocycles. The van der Waals surface area contributed by atoms with Gasteiger partial charge in [0.1, 0.15) is 5.60 Å². The van der Waals surface area contributed by atoms with Crippen molar-refractivity contribution < 1.29 is 19.4 Å². The summed E-state index contributed by atoms with van der Waals surface area (Å²) in [6, 6.07) is 0.219. The lowest BCUT2D eigenvalue weighted by Gasteiger charge is -2.21. The third-order valence-electron chi connectivity index (χ3n) is 1.75. The van der Waals surface area contributed by atoms with E-state index in [4.69, 9.17) is 9.84 Å². The highest BCUT2D eigenvalue weighted by Gasteiger charge is 2.27. The molecule has 0 radical (unpaired) electrons. The molecule has 0 fully saturated rings. The Labute approximate surface area is 104 Å². The van der Waals surface area contributed by atoms with Gasteiger partial charge in [0.15, 0.2) is 11.9 Å². The van der Waals surface area contributed by atoms with E-state index in [-0.39, 0.29) is 5.82 Å². The summed E-state index contributed by atoms with van der Waals surface area (Å²) in [6.45, 7) is 5.05. The molecule has 7 heteroatoms. The first-order valence-electron chi connectivity index (χ1n) is 5.29. The van der Waals surface area contributed by atoms with Crippen LogP contribution in [-0.2, 0) is 9.53 Å². The number of hydrogen-bond donors (Lipinski definition) is 2. The minimum atomic E-state index is -1.33. The van der Waals surface area contributed by atoms with Gasteiger partial charge in [-0.05, 0) is 26.8 Å². The Hall–Kier alpha value is -2.18. The SMILES string of the molecule is CC(C)(C)OC(=O)NC(C(=O)O)c1ncccn1. The van der Waals surface area contributed by atoms with Gasteiger partial charge in [0.25, 0.3) is 0 Å². The normalized spacial score (nSPS) is 12.6. The van der Waals surface area contributed by atoms with E-state index in [0.717, 1.165) is 0 Å². The minimum absolute atomic E-state index is 0.00383. The maximum Gasteiger partial charge on any atom is 0.408 e. The number of amides is 1. The number of nitrogens with zero attached hydrogens (tertiary/aromatic N) is 2. The lowest BCUT2D eigenvalue weighted by molar-refractivity contribution is -0.139. The lowest BCUT2D eigenvalue weighted by atomic mass is 10.2. The van der Waals surface area contributed by atoms with Crippen LogP contribution >= 0.6 is 0 Å². The van der Waals surface area contributed by atoms with Crippen LogP contribution in [0.2, 0.25) is 0 Å². The van der Waals surface area contributed by atoms with E-state index in [1.54, 1.807) is 26.8 Å². The molecule has 0 aliphatic rings. The molecule has 0 aliphatic heterocycles. The molecule has 1 rings (SSSR count). The first-order chi connectivity index (χ1) is 8.29. The summed E-state index contributed by atoms with van der Waals surface area (Å²) in [4.78, 5) is 30.1. The van der Waals surface area contributed by atoms with Crippen molar-refractivity contribution in [1.29, 1.82) is 0 Å². The number of aliphatic carboxylic acids is 1. The summed E-state index contributed by atoms with van der Waals surface area (Å²) in [5, 5.41) is 11.2. The summed E-state index contributed by atoms with van der Waals surface area (Å²) in [5.74, 6) is -1.26. The van der Waals surface area contributed by atoms with E-state index in [1.165, 1.54) is 12.4 Å². The van der Waals surface area contributed by atoms with Crippen LogP contribution in [0, 0.1) is 0 Å². The number of nitrogens with one attached hydrogen (secondary N) is 1. The number of carboxylic acid groups (broad SMARTS) is 1. The summed E-state index contributed by atoms with van der Waals surface area (Å²) < 4.78 is 4.97. The van der Waals surface area contributed by atoms with Gasteiger partial charge >= 0.3 is 12.1 Å². The Morgan fingerprint density at radius 2 is 1.89 bits per heavy atom. The number of rotatable bonds is 3. The molecule has 0 bridgehead atoms. The third kappa shape index (κ3) is 4.36. The Bertz CT molecular complexity index is 428. The number of carboxylic acids is 1. The summed E-state index contributed by atoms with van der Waals surface area (Å²) >= 11 is 0. The minimum Gasteiger partial charge on any atom is -0.479 e. The van der Waals surface area contributed by atoms with E-state index in [1.807, 2.05) is 0 Å². The third-order valence-corrected chi connectivity index (χ3v) is 1.75. The van der Waals surface area contributed by atoms with Gasteiger partial charge in [-0.2, -0.15) is 0 Å².